The van der Waals surface area contributed by atoms with E-state index in [-0.39, 0.29) is 0 Å². The van der Waals surface area contributed by atoms with Gasteiger partial charge in [-0.3, -0.25) is 0 Å². The molecule has 1 aliphatic heterocycles. The second-order valence-electron chi connectivity index (χ2n) is 6.48. The fraction of sp³-hybridized carbons (Fsp3) is 0. The van der Waals surface area contributed by atoms with Gasteiger partial charge in [-0.25, -0.2) is 15.0 Å². The Balaban J connectivity index is 1.44. The number of anilines is 3. The van der Waals surface area contributed by atoms with E-state index >= 15 is 0 Å². The maximum atomic E-state index is 6.05. The average Bonchev–Trinajstić information content (AvgIpc) is 3.22. The van der Waals surface area contributed by atoms with E-state index in [2.05, 4.69) is 24.8 Å². The number of ether oxygens (including phenoxy) is 1. The van der Waals surface area contributed by atoms with Crippen LogP contribution >= 0.6 is 0 Å². The van der Waals surface area contributed by atoms with E-state index in [0.29, 0.717) is 22.9 Å². The molecule has 29 heavy (non-hydrogen) atoms. The summed E-state index contributed by atoms with van der Waals surface area (Å²) in [5, 5.41) is 0. The summed E-state index contributed by atoms with van der Waals surface area (Å²) in [6.45, 7) is 0. The Hall–Kier alpha value is -4.26. The van der Waals surface area contributed by atoms with Gasteiger partial charge in [0, 0.05) is 12.4 Å². The highest BCUT2D eigenvalue weighted by Gasteiger charge is 2.25. The van der Waals surface area contributed by atoms with Crippen LogP contribution in [0.2, 0.25) is 0 Å². The fourth-order valence-corrected chi connectivity index (χ4v) is 3.41. The zero-order valence-electron chi connectivity index (χ0n) is 15.1. The van der Waals surface area contributed by atoms with E-state index in [0.717, 1.165) is 28.6 Å². The van der Waals surface area contributed by atoms with Crippen LogP contribution in [0.25, 0.3) is 22.9 Å². The Kier molecular flexibility index (Phi) is 3.33. The molecule has 2 aromatic carbocycles. The minimum Gasteiger partial charge on any atom is -0.453 e. The third-order valence-corrected chi connectivity index (χ3v) is 4.70. The molecular weight excluding hydrogens is 366 g/mol. The van der Waals surface area contributed by atoms with Gasteiger partial charge in [0.2, 0.25) is 11.5 Å². The monoisotopic (exact) mass is 379 g/mol. The Labute approximate surface area is 165 Å². The second-order valence-corrected chi connectivity index (χ2v) is 6.48. The zero-order valence-corrected chi connectivity index (χ0v) is 15.1. The number of rotatable bonds is 2. The van der Waals surface area contributed by atoms with Crippen LogP contribution in [0, 0.1) is 0 Å². The molecule has 0 fully saturated rings. The lowest BCUT2D eigenvalue weighted by Gasteiger charge is -2.32. The Morgan fingerprint density at radius 1 is 0.724 bits per heavy atom. The van der Waals surface area contributed by atoms with Gasteiger partial charge in [-0.05, 0) is 36.4 Å². The molecule has 0 saturated carbocycles. The summed E-state index contributed by atoms with van der Waals surface area (Å²) in [5.41, 5.74) is 4.29. The van der Waals surface area contributed by atoms with Crippen molar-refractivity contribution in [3.63, 3.8) is 0 Å². The highest BCUT2D eigenvalue weighted by Crippen LogP contribution is 2.49. The van der Waals surface area contributed by atoms with E-state index in [1.807, 2.05) is 60.7 Å². The molecule has 7 heteroatoms. The molecule has 138 valence electrons. The van der Waals surface area contributed by atoms with Crippen molar-refractivity contribution in [3.8, 4) is 23.1 Å². The number of benzene rings is 2. The van der Waals surface area contributed by atoms with Gasteiger partial charge in [0.1, 0.15) is 5.69 Å². The topological polar surface area (TPSA) is 77.2 Å². The number of nitrogens with zero attached hydrogens (tertiary/aromatic N) is 5. The molecule has 0 N–H and O–H groups in total. The Morgan fingerprint density at radius 3 is 2.14 bits per heavy atom. The van der Waals surface area contributed by atoms with Crippen LogP contribution in [-0.2, 0) is 0 Å². The third-order valence-electron chi connectivity index (χ3n) is 4.70. The van der Waals surface area contributed by atoms with E-state index in [1.165, 1.54) is 0 Å². The van der Waals surface area contributed by atoms with Crippen LogP contribution in [-0.4, -0.2) is 19.9 Å². The first-order valence-corrected chi connectivity index (χ1v) is 9.07. The highest BCUT2D eigenvalue weighted by atomic mass is 16.5. The SMILES string of the molecule is c1ccc2c(c1)Oc1ccccc1N2c1ccc(-c2nc3nccnc3o2)nc1. The van der Waals surface area contributed by atoms with Crippen molar-refractivity contribution in [3.05, 3.63) is 79.3 Å². The molecule has 0 unspecified atom stereocenters. The lowest BCUT2D eigenvalue weighted by atomic mass is 10.1. The summed E-state index contributed by atoms with van der Waals surface area (Å²) in [5.74, 6) is 1.98. The van der Waals surface area contributed by atoms with Crippen molar-refractivity contribution in [2.75, 3.05) is 4.90 Å². The number of pyridine rings is 1. The number of aromatic nitrogens is 4. The van der Waals surface area contributed by atoms with Crippen LogP contribution in [0.5, 0.6) is 11.5 Å². The first-order valence-electron chi connectivity index (χ1n) is 9.07. The lowest BCUT2D eigenvalue weighted by molar-refractivity contribution is 0.477. The number of para-hydroxylation sites is 4. The van der Waals surface area contributed by atoms with Gasteiger partial charge in [0.25, 0.3) is 5.71 Å². The number of oxazole rings is 1. The lowest BCUT2D eigenvalue weighted by Crippen LogP contribution is -2.15. The van der Waals surface area contributed by atoms with Crippen molar-refractivity contribution in [2.45, 2.75) is 0 Å². The normalized spacial score (nSPS) is 12.3. The first-order chi connectivity index (χ1) is 14.4. The molecule has 0 amide bonds. The minimum atomic E-state index is 0.389. The first kappa shape index (κ1) is 15.8. The zero-order chi connectivity index (χ0) is 19.2. The summed E-state index contributed by atoms with van der Waals surface area (Å²) in [6, 6.07) is 19.7. The predicted molar refractivity (Wildman–Crippen MR) is 108 cm³/mol. The summed E-state index contributed by atoms with van der Waals surface area (Å²) in [6.07, 6.45) is 4.95. The van der Waals surface area contributed by atoms with Gasteiger partial charge in [-0.15, -0.1) is 0 Å². The molecule has 0 saturated heterocycles. The molecular formula is C22H13N5O2. The van der Waals surface area contributed by atoms with Crippen LogP contribution in [0.15, 0.2) is 83.7 Å². The number of fused-ring (bicyclic) bond motifs is 3. The molecule has 0 atom stereocenters. The molecule has 3 aromatic heterocycles. The van der Waals surface area contributed by atoms with Gasteiger partial charge in [-0.1, -0.05) is 24.3 Å². The average molecular weight is 379 g/mol. The predicted octanol–water partition coefficient (Wildman–Crippen LogP) is 5.26. The van der Waals surface area contributed by atoms with Crippen LogP contribution in [0.3, 0.4) is 0 Å². The van der Waals surface area contributed by atoms with Crippen molar-refractivity contribution < 1.29 is 9.15 Å². The molecule has 5 aromatic rings. The summed E-state index contributed by atoms with van der Waals surface area (Å²) in [4.78, 5) is 19.3. The molecule has 0 spiro atoms. The molecule has 4 heterocycles. The second kappa shape index (κ2) is 6.13. The third kappa shape index (κ3) is 2.52. The summed E-state index contributed by atoms with van der Waals surface area (Å²) >= 11 is 0. The van der Waals surface area contributed by atoms with Crippen LogP contribution in [0.4, 0.5) is 17.1 Å². The summed E-state index contributed by atoms with van der Waals surface area (Å²) < 4.78 is 11.7. The molecule has 6 rings (SSSR count). The van der Waals surface area contributed by atoms with Gasteiger partial charge >= 0.3 is 0 Å². The standard InChI is InChI=1S/C22H13N5O2/c1-3-7-18-16(5-1)27(17-6-2-4-8-19(17)28-18)14-9-10-15(25-13-14)21-26-20-22(29-21)24-12-11-23-20/h1-13H. The van der Waals surface area contributed by atoms with Crippen molar-refractivity contribution in [1.82, 2.24) is 19.9 Å². The van der Waals surface area contributed by atoms with E-state index < -0.39 is 0 Å². The van der Waals surface area contributed by atoms with Gasteiger partial charge in [0.05, 0.1) is 23.3 Å². The van der Waals surface area contributed by atoms with Crippen LogP contribution in [0.1, 0.15) is 0 Å². The largest absolute Gasteiger partial charge is 0.453 e. The molecule has 0 bridgehead atoms. The number of hydrogen-bond donors (Lipinski definition) is 0. The Bertz CT molecular complexity index is 1270. The van der Waals surface area contributed by atoms with E-state index in [9.17, 15) is 0 Å². The van der Waals surface area contributed by atoms with Gasteiger partial charge < -0.3 is 14.1 Å². The maximum Gasteiger partial charge on any atom is 0.266 e. The molecule has 0 aliphatic carbocycles. The van der Waals surface area contributed by atoms with Crippen LogP contribution < -0.4 is 9.64 Å². The summed E-state index contributed by atoms with van der Waals surface area (Å²) in [7, 11) is 0. The van der Waals surface area contributed by atoms with E-state index in [4.69, 9.17) is 9.15 Å². The smallest absolute Gasteiger partial charge is 0.266 e. The minimum absolute atomic E-state index is 0.389. The molecule has 0 radical (unpaired) electrons. The van der Waals surface area contributed by atoms with Crippen molar-refractivity contribution in [1.29, 1.82) is 0 Å². The van der Waals surface area contributed by atoms with Crippen molar-refractivity contribution >= 4 is 28.4 Å². The molecule has 1 aliphatic rings. The van der Waals surface area contributed by atoms with Gasteiger partial charge in [-0.2, -0.15) is 4.98 Å². The fourth-order valence-electron chi connectivity index (χ4n) is 3.41. The molecule has 7 nitrogen and oxygen atoms in total. The van der Waals surface area contributed by atoms with Gasteiger partial charge in [0.15, 0.2) is 11.5 Å². The number of hydrogen-bond acceptors (Lipinski definition) is 7. The highest BCUT2D eigenvalue weighted by molar-refractivity contribution is 5.86. The van der Waals surface area contributed by atoms with E-state index in [1.54, 1.807) is 18.6 Å². The van der Waals surface area contributed by atoms with Crippen molar-refractivity contribution in [2.24, 2.45) is 0 Å². The maximum absolute atomic E-state index is 6.05. The Morgan fingerprint density at radius 2 is 1.45 bits per heavy atom. The quantitative estimate of drug-likeness (QED) is 0.406.